The highest BCUT2D eigenvalue weighted by Gasteiger charge is 2.27. The van der Waals surface area contributed by atoms with E-state index >= 15 is 0 Å². The van der Waals surface area contributed by atoms with E-state index in [9.17, 15) is 13.2 Å². The number of hydrogen-bond acceptors (Lipinski definition) is 6. The minimum Gasteiger partial charge on any atom is -0.493 e. The van der Waals surface area contributed by atoms with E-state index in [1.165, 1.54) is 36.7 Å². The summed E-state index contributed by atoms with van der Waals surface area (Å²) in [6.45, 7) is 2.99. The predicted molar refractivity (Wildman–Crippen MR) is 113 cm³/mol. The van der Waals surface area contributed by atoms with E-state index in [2.05, 4.69) is 5.32 Å². The van der Waals surface area contributed by atoms with E-state index in [1.54, 1.807) is 19.1 Å². The summed E-state index contributed by atoms with van der Waals surface area (Å²) in [4.78, 5) is 12.9. The molecule has 0 radical (unpaired) electrons. The number of carbonyl (C=O) groups excluding carboxylic acids is 1. The Hall–Kier alpha value is -2.33. The van der Waals surface area contributed by atoms with Crippen LogP contribution in [0.25, 0.3) is 0 Å². The number of sulfonamides is 1. The predicted octanol–water partition coefficient (Wildman–Crippen LogP) is 2.94. The Morgan fingerprint density at radius 1 is 1.10 bits per heavy atom. The first-order valence-corrected chi connectivity index (χ1v) is 11.0. The van der Waals surface area contributed by atoms with E-state index in [1.807, 2.05) is 0 Å². The van der Waals surface area contributed by atoms with Crippen molar-refractivity contribution in [1.29, 1.82) is 0 Å². The highest BCUT2D eigenvalue weighted by molar-refractivity contribution is 7.89. The second-order valence-electron chi connectivity index (χ2n) is 6.63. The molecular weight excluding hydrogens is 432 g/mol. The number of rotatable bonds is 6. The van der Waals surface area contributed by atoms with Gasteiger partial charge in [-0.3, -0.25) is 4.79 Å². The number of halogens is 1. The SMILES string of the molecule is COc1cc(C)c(NC(=O)c2cc(S(=O)(=O)N3CCOCC3)ccc2Cl)cc1OC. The summed E-state index contributed by atoms with van der Waals surface area (Å²) >= 11 is 6.21. The maximum atomic E-state index is 12.9. The molecule has 1 aliphatic heterocycles. The number of hydrogen-bond donors (Lipinski definition) is 1. The van der Waals surface area contributed by atoms with Crippen molar-refractivity contribution >= 4 is 33.2 Å². The molecule has 30 heavy (non-hydrogen) atoms. The molecule has 0 aliphatic carbocycles. The van der Waals surface area contributed by atoms with Gasteiger partial charge in [0.15, 0.2) is 11.5 Å². The Labute approximate surface area is 180 Å². The molecule has 1 N–H and O–H groups in total. The summed E-state index contributed by atoms with van der Waals surface area (Å²) in [6.07, 6.45) is 0. The summed E-state index contributed by atoms with van der Waals surface area (Å²) in [5, 5.41) is 2.91. The molecule has 1 aliphatic rings. The number of ether oxygens (including phenoxy) is 3. The molecule has 8 nitrogen and oxygen atoms in total. The number of benzene rings is 2. The number of amides is 1. The minimum absolute atomic E-state index is 0.00276. The lowest BCUT2D eigenvalue weighted by atomic mass is 10.1. The quantitative estimate of drug-likeness (QED) is 0.721. The van der Waals surface area contributed by atoms with Crippen molar-refractivity contribution in [1.82, 2.24) is 4.31 Å². The van der Waals surface area contributed by atoms with Crippen molar-refractivity contribution in [3.63, 3.8) is 0 Å². The van der Waals surface area contributed by atoms with Crippen LogP contribution in [0.3, 0.4) is 0 Å². The maximum absolute atomic E-state index is 12.9. The van der Waals surface area contributed by atoms with Crippen molar-refractivity contribution in [3.8, 4) is 11.5 Å². The third-order valence-electron chi connectivity index (χ3n) is 4.77. The van der Waals surface area contributed by atoms with Crippen molar-refractivity contribution < 1.29 is 27.4 Å². The number of nitrogens with zero attached hydrogens (tertiary/aromatic N) is 1. The third kappa shape index (κ3) is 4.54. The smallest absolute Gasteiger partial charge is 0.257 e. The van der Waals surface area contributed by atoms with Crippen molar-refractivity contribution in [3.05, 3.63) is 46.5 Å². The van der Waals surface area contributed by atoms with Gasteiger partial charge in [0, 0.05) is 24.8 Å². The zero-order valence-electron chi connectivity index (χ0n) is 16.9. The molecule has 3 rings (SSSR count). The molecule has 1 amide bonds. The van der Waals surface area contributed by atoms with Crippen LogP contribution in [0.2, 0.25) is 5.02 Å². The van der Waals surface area contributed by atoms with Crippen molar-refractivity contribution in [2.75, 3.05) is 45.8 Å². The van der Waals surface area contributed by atoms with E-state index in [4.69, 9.17) is 25.8 Å². The Kier molecular flexibility index (Phi) is 6.87. The highest BCUT2D eigenvalue weighted by Crippen LogP contribution is 2.33. The van der Waals surface area contributed by atoms with Gasteiger partial charge in [0.2, 0.25) is 10.0 Å². The first-order valence-electron chi connectivity index (χ1n) is 9.19. The molecule has 0 bridgehead atoms. The lowest BCUT2D eigenvalue weighted by molar-refractivity contribution is 0.0730. The first-order chi connectivity index (χ1) is 14.3. The molecule has 0 spiro atoms. The zero-order chi connectivity index (χ0) is 21.9. The Balaban J connectivity index is 1.91. The van der Waals surface area contributed by atoms with Crippen LogP contribution >= 0.6 is 11.6 Å². The summed E-state index contributed by atoms with van der Waals surface area (Å²) in [5.74, 6) is 0.451. The van der Waals surface area contributed by atoms with Crippen LogP contribution in [-0.4, -0.2) is 59.2 Å². The maximum Gasteiger partial charge on any atom is 0.257 e. The van der Waals surface area contributed by atoms with E-state index in [0.29, 0.717) is 30.4 Å². The van der Waals surface area contributed by atoms with Gasteiger partial charge >= 0.3 is 0 Å². The molecule has 0 unspecified atom stereocenters. The Morgan fingerprint density at radius 2 is 1.73 bits per heavy atom. The molecule has 2 aromatic carbocycles. The molecule has 0 saturated carbocycles. The van der Waals surface area contributed by atoms with Crippen molar-refractivity contribution in [2.45, 2.75) is 11.8 Å². The summed E-state index contributed by atoms with van der Waals surface area (Å²) in [7, 11) is -0.738. The molecule has 1 saturated heterocycles. The van der Waals surface area contributed by atoms with Crippen LogP contribution in [-0.2, 0) is 14.8 Å². The van der Waals surface area contributed by atoms with E-state index in [-0.39, 0.29) is 28.6 Å². The molecule has 162 valence electrons. The third-order valence-corrected chi connectivity index (χ3v) is 6.99. The van der Waals surface area contributed by atoms with Crippen LogP contribution in [0.4, 0.5) is 5.69 Å². The van der Waals surface area contributed by atoms with Crippen LogP contribution < -0.4 is 14.8 Å². The topological polar surface area (TPSA) is 94.2 Å². The fourth-order valence-corrected chi connectivity index (χ4v) is 4.72. The average Bonchev–Trinajstić information content (AvgIpc) is 2.75. The molecule has 0 atom stereocenters. The summed E-state index contributed by atoms with van der Waals surface area (Å²) in [6, 6.07) is 7.46. The van der Waals surface area contributed by atoms with Gasteiger partial charge in [-0.25, -0.2) is 8.42 Å². The largest absolute Gasteiger partial charge is 0.493 e. The number of anilines is 1. The molecule has 0 aromatic heterocycles. The Morgan fingerprint density at radius 3 is 2.37 bits per heavy atom. The van der Waals surface area contributed by atoms with Gasteiger partial charge < -0.3 is 19.5 Å². The van der Waals surface area contributed by atoms with Crippen LogP contribution in [0, 0.1) is 6.92 Å². The molecule has 2 aromatic rings. The van der Waals surface area contributed by atoms with E-state index < -0.39 is 15.9 Å². The fourth-order valence-electron chi connectivity index (χ4n) is 3.08. The number of aryl methyl sites for hydroxylation is 1. The summed E-state index contributed by atoms with van der Waals surface area (Å²) in [5.41, 5.74) is 1.30. The second-order valence-corrected chi connectivity index (χ2v) is 8.98. The number of nitrogens with one attached hydrogen (secondary N) is 1. The first kappa shape index (κ1) is 22.4. The fraction of sp³-hybridized carbons (Fsp3) is 0.350. The lowest BCUT2D eigenvalue weighted by Gasteiger charge is -2.26. The van der Waals surface area contributed by atoms with Gasteiger partial charge in [-0.1, -0.05) is 11.6 Å². The average molecular weight is 455 g/mol. The number of carbonyl (C=O) groups is 1. The summed E-state index contributed by atoms with van der Waals surface area (Å²) < 4.78 is 42.9. The molecular formula is C20H23ClN2O6S. The normalized spacial score (nSPS) is 14.9. The van der Waals surface area contributed by atoms with Crippen molar-refractivity contribution in [2.24, 2.45) is 0 Å². The highest BCUT2D eigenvalue weighted by atomic mass is 35.5. The molecule has 1 heterocycles. The number of methoxy groups -OCH3 is 2. The Bertz CT molecular complexity index is 1050. The molecule has 1 fully saturated rings. The lowest BCUT2D eigenvalue weighted by Crippen LogP contribution is -2.40. The monoisotopic (exact) mass is 454 g/mol. The van der Waals surface area contributed by atoms with E-state index in [0.717, 1.165) is 5.56 Å². The van der Waals surface area contributed by atoms with Gasteiger partial charge in [-0.15, -0.1) is 0 Å². The van der Waals surface area contributed by atoms with Gasteiger partial charge in [-0.2, -0.15) is 4.31 Å². The zero-order valence-corrected chi connectivity index (χ0v) is 18.5. The molecule has 10 heteroatoms. The second kappa shape index (κ2) is 9.22. The van der Waals surface area contributed by atoms with Gasteiger partial charge in [0.05, 0.1) is 42.9 Å². The standard InChI is InChI=1S/C20H23ClN2O6S/c1-13-10-18(27-2)19(28-3)12-17(13)22-20(24)15-11-14(4-5-16(15)21)30(25,26)23-6-8-29-9-7-23/h4-5,10-12H,6-9H2,1-3H3,(H,22,24). The van der Waals surface area contributed by atoms with Crippen LogP contribution in [0.15, 0.2) is 35.2 Å². The van der Waals surface area contributed by atoms with Gasteiger partial charge in [0.25, 0.3) is 5.91 Å². The van der Waals surface area contributed by atoms with Crippen LogP contribution in [0.5, 0.6) is 11.5 Å². The minimum atomic E-state index is -3.76. The van der Waals surface area contributed by atoms with Gasteiger partial charge in [-0.05, 0) is 36.8 Å². The number of morpholine rings is 1. The van der Waals surface area contributed by atoms with Gasteiger partial charge in [0.1, 0.15) is 0 Å². The van der Waals surface area contributed by atoms with Crippen LogP contribution in [0.1, 0.15) is 15.9 Å².